The van der Waals surface area contributed by atoms with E-state index in [1.54, 1.807) is 16.8 Å². The second-order valence-electron chi connectivity index (χ2n) is 6.68. The van der Waals surface area contributed by atoms with E-state index in [-0.39, 0.29) is 18.1 Å². The van der Waals surface area contributed by atoms with Crippen molar-refractivity contribution < 1.29 is 19.0 Å². The van der Waals surface area contributed by atoms with Gasteiger partial charge in [-0.25, -0.2) is 9.78 Å². The van der Waals surface area contributed by atoms with Crippen LogP contribution in [0.1, 0.15) is 45.3 Å². The first kappa shape index (κ1) is 20.2. The summed E-state index contributed by atoms with van der Waals surface area (Å²) in [6, 6.07) is 1.80. The number of nitrogen functional groups attached to an aromatic ring is 1. The van der Waals surface area contributed by atoms with Gasteiger partial charge in [-0.3, -0.25) is 0 Å². The van der Waals surface area contributed by atoms with Gasteiger partial charge < -0.3 is 24.5 Å². The number of fused-ring (bicyclic) bond motifs is 1. The van der Waals surface area contributed by atoms with Gasteiger partial charge in [0.1, 0.15) is 24.3 Å². The minimum Gasteiger partial charge on any atom is -0.434 e. The summed E-state index contributed by atoms with van der Waals surface area (Å²) in [4.78, 5) is 19.9. The Morgan fingerprint density at radius 1 is 1.50 bits per heavy atom. The number of carbonyl (C=O) groups is 1. The molecular formula is C19H23ClN4O4. The fraction of sp³-hybridized carbons (Fsp3) is 0.526. The molecule has 3 heterocycles. The van der Waals surface area contributed by atoms with Crippen molar-refractivity contribution in [2.75, 3.05) is 18.9 Å². The van der Waals surface area contributed by atoms with Crippen LogP contribution < -0.4 is 5.73 Å². The number of hydrogen-bond acceptors (Lipinski definition) is 7. The van der Waals surface area contributed by atoms with E-state index >= 15 is 0 Å². The van der Waals surface area contributed by atoms with Gasteiger partial charge in [0, 0.05) is 6.20 Å². The van der Waals surface area contributed by atoms with Gasteiger partial charge in [0.25, 0.3) is 0 Å². The molecular weight excluding hydrogens is 384 g/mol. The van der Waals surface area contributed by atoms with E-state index in [2.05, 4.69) is 22.8 Å². The van der Waals surface area contributed by atoms with Gasteiger partial charge in [0.2, 0.25) is 5.28 Å². The first-order chi connectivity index (χ1) is 13.5. The van der Waals surface area contributed by atoms with E-state index in [1.165, 1.54) is 0 Å². The van der Waals surface area contributed by atoms with Crippen molar-refractivity contribution >= 4 is 34.6 Å². The zero-order chi connectivity index (χ0) is 20.1. The average Bonchev–Trinajstić information content (AvgIpc) is 3.28. The largest absolute Gasteiger partial charge is 0.508 e. The maximum absolute atomic E-state index is 11.8. The number of carbonyl (C=O) groups excluding carboxylic acids is 1. The summed E-state index contributed by atoms with van der Waals surface area (Å²) in [6.45, 7) is 2.32. The smallest absolute Gasteiger partial charge is 0.434 e. The van der Waals surface area contributed by atoms with Gasteiger partial charge in [-0.2, -0.15) is 4.98 Å². The SMILES string of the molecule is C#CC1(COC(=O)OCCCCC)CC[C@H](n2ccc3c(N)nc(Cl)nc32)O1. The predicted molar refractivity (Wildman–Crippen MR) is 105 cm³/mol. The molecule has 9 heteroatoms. The van der Waals surface area contributed by atoms with Crippen LogP contribution in [-0.2, 0) is 14.2 Å². The number of nitrogens with two attached hydrogens (primary N) is 1. The number of anilines is 1. The van der Waals surface area contributed by atoms with Crippen LogP contribution in [0, 0.1) is 12.3 Å². The highest BCUT2D eigenvalue weighted by Gasteiger charge is 2.41. The van der Waals surface area contributed by atoms with Gasteiger partial charge in [-0.05, 0) is 36.9 Å². The van der Waals surface area contributed by atoms with Crippen LogP contribution in [0.5, 0.6) is 0 Å². The van der Waals surface area contributed by atoms with Crippen LogP contribution in [-0.4, -0.2) is 39.5 Å². The highest BCUT2D eigenvalue weighted by atomic mass is 35.5. The quantitative estimate of drug-likeness (QED) is 0.324. The fourth-order valence-corrected chi connectivity index (χ4v) is 3.34. The molecule has 8 nitrogen and oxygen atoms in total. The third-order valence-corrected chi connectivity index (χ3v) is 4.86. The standard InChI is InChI=1S/C19H23ClN4O4/c1-3-5-6-11-26-18(25)27-12-19(4-2)9-7-14(28-19)24-10-8-13-15(21)22-17(20)23-16(13)24/h2,8,10,14H,3,5-7,9,11-12H2,1H3,(H2,21,22,23)/t14-,19?/m1/s1. The molecule has 0 aromatic carbocycles. The Bertz CT molecular complexity index is 894. The molecule has 0 saturated carbocycles. The van der Waals surface area contributed by atoms with Gasteiger partial charge in [0.15, 0.2) is 5.60 Å². The van der Waals surface area contributed by atoms with Crippen molar-refractivity contribution in [1.29, 1.82) is 0 Å². The molecule has 3 rings (SSSR count). The second-order valence-corrected chi connectivity index (χ2v) is 7.02. The van der Waals surface area contributed by atoms with E-state index in [4.69, 9.17) is 38.0 Å². The molecule has 2 N–H and O–H groups in total. The lowest BCUT2D eigenvalue weighted by atomic mass is 10.0. The van der Waals surface area contributed by atoms with Crippen LogP contribution >= 0.6 is 11.6 Å². The molecule has 1 aliphatic rings. The summed E-state index contributed by atoms with van der Waals surface area (Å²) >= 11 is 5.93. The summed E-state index contributed by atoms with van der Waals surface area (Å²) in [5, 5.41) is 0.735. The maximum Gasteiger partial charge on any atom is 0.508 e. The monoisotopic (exact) mass is 406 g/mol. The third kappa shape index (κ3) is 4.32. The van der Waals surface area contributed by atoms with Crippen LogP contribution in [0.15, 0.2) is 12.3 Å². The van der Waals surface area contributed by atoms with E-state index in [9.17, 15) is 4.79 Å². The average molecular weight is 407 g/mol. The Morgan fingerprint density at radius 2 is 2.32 bits per heavy atom. The molecule has 28 heavy (non-hydrogen) atoms. The third-order valence-electron chi connectivity index (χ3n) is 4.70. The first-order valence-corrected chi connectivity index (χ1v) is 9.60. The molecule has 1 aliphatic heterocycles. The van der Waals surface area contributed by atoms with Crippen LogP contribution in [0.25, 0.3) is 11.0 Å². The predicted octanol–water partition coefficient (Wildman–Crippen LogP) is 3.69. The number of hydrogen-bond donors (Lipinski definition) is 1. The number of terminal acetylenes is 1. The summed E-state index contributed by atoms with van der Waals surface area (Å²) in [6.07, 6.45) is 10.3. The van der Waals surface area contributed by atoms with E-state index < -0.39 is 11.8 Å². The lowest BCUT2D eigenvalue weighted by Gasteiger charge is -2.23. The molecule has 2 aromatic rings. The minimum atomic E-state index is -1.02. The number of unbranched alkanes of at least 4 members (excludes halogenated alkanes) is 2. The molecule has 0 aliphatic carbocycles. The topological polar surface area (TPSA) is 101 Å². The summed E-state index contributed by atoms with van der Waals surface area (Å²) in [5.74, 6) is 2.92. The Morgan fingerprint density at radius 3 is 3.07 bits per heavy atom. The van der Waals surface area contributed by atoms with Crippen molar-refractivity contribution in [3.05, 3.63) is 17.5 Å². The highest BCUT2D eigenvalue weighted by molar-refractivity contribution is 6.28. The lowest BCUT2D eigenvalue weighted by Crippen LogP contribution is -2.34. The van der Waals surface area contributed by atoms with E-state index in [1.807, 2.05) is 0 Å². The van der Waals surface area contributed by atoms with Crippen LogP contribution in [0.4, 0.5) is 10.6 Å². The molecule has 1 saturated heterocycles. The van der Waals surface area contributed by atoms with Crippen molar-refractivity contribution in [2.45, 2.75) is 50.9 Å². The van der Waals surface area contributed by atoms with Crippen LogP contribution in [0.2, 0.25) is 5.28 Å². The molecule has 0 bridgehead atoms. The number of aromatic nitrogens is 3. The van der Waals surface area contributed by atoms with E-state index in [0.29, 0.717) is 36.3 Å². The normalized spacial score (nSPS) is 21.5. The Balaban J connectivity index is 1.64. The molecule has 1 unspecified atom stereocenters. The van der Waals surface area contributed by atoms with Crippen molar-refractivity contribution in [3.63, 3.8) is 0 Å². The molecule has 0 amide bonds. The minimum absolute atomic E-state index is 0.0558. The van der Waals surface area contributed by atoms with Crippen LogP contribution in [0.3, 0.4) is 0 Å². The summed E-state index contributed by atoms with van der Waals surface area (Å²) in [7, 11) is 0. The number of ether oxygens (including phenoxy) is 3. The molecule has 1 fully saturated rings. The molecule has 0 radical (unpaired) electrons. The molecule has 150 valence electrons. The Kier molecular flexibility index (Phi) is 6.27. The highest BCUT2D eigenvalue weighted by Crippen LogP contribution is 2.38. The Labute approximate surface area is 168 Å². The van der Waals surface area contributed by atoms with E-state index in [0.717, 1.165) is 19.3 Å². The van der Waals surface area contributed by atoms with Gasteiger partial charge in [-0.1, -0.05) is 25.7 Å². The lowest BCUT2D eigenvalue weighted by molar-refractivity contribution is -0.0730. The van der Waals surface area contributed by atoms with Crippen molar-refractivity contribution in [1.82, 2.24) is 14.5 Å². The molecule has 0 spiro atoms. The zero-order valence-corrected chi connectivity index (χ0v) is 16.4. The van der Waals surface area contributed by atoms with Gasteiger partial charge >= 0.3 is 6.16 Å². The van der Waals surface area contributed by atoms with Crippen molar-refractivity contribution in [3.8, 4) is 12.3 Å². The summed E-state index contributed by atoms with van der Waals surface area (Å²) < 4.78 is 18.1. The molecule has 2 aromatic heterocycles. The fourth-order valence-electron chi connectivity index (χ4n) is 3.17. The van der Waals surface area contributed by atoms with Crippen molar-refractivity contribution in [2.24, 2.45) is 0 Å². The van der Waals surface area contributed by atoms with Gasteiger partial charge in [-0.15, -0.1) is 6.42 Å². The molecule has 2 atom stereocenters. The maximum atomic E-state index is 11.8. The Hall–Kier alpha value is -2.50. The number of nitrogens with zero attached hydrogens (tertiary/aromatic N) is 3. The summed E-state index contributed by atoms with van der Waals surface area (Å²) in [5.41, 5.74) is 5.43. The first-order valence-electron chi connectivity index (χ1n) is 9.22. The zero-order valence-electron chi connectivity index (χ0n) is 15.7. The number of halogens is 1. The number of rotatable bonds is 7. The second kappa shape index (κ2) is 8.67. The van der Waals surface area contributed by atoms with Gasteiger partial charge in [0.05, 0.1) is 12.0 Å².